The van der Waals surface area contributed by atoms with Crippen LogP contribution in [0.4, 0.5) is 16.2 Å². The van der Waals surface area contributed by atoms with Gasteiger partial charge in [0.25, 0.3) is 0 Å². The van der Waals surface area contributed by atoms with Crippen molar-refractivity contribution in [2.75, 3.05) is 57.1 Å². The number of sulfonamides is 1. The molecule has 2 aliphatic rings. The summed E-state index contributed by atoms with van der Waals surface area (Å²) in [7, 11) is 0.243. The number of carbonyl (C=O) groups excluding carboxylic acids is 1. The van der Waals surface area contributed by atoms with Crippen LogP contribution in [0.2, 0.25) is 0 Å². The van der Waals surface area contributed by atoms with Gasteiger partial charge in [-0.05, 0) is 63.7 Å². The lowest BCUT2D eigenvalue weighted by molar-refractivity contribution is 0.206. The molecule has 4 rings (SSSR count). The number of piperazine rings is 1. The molecule has 0 spiro atoms. The van der Waals surface area contributed by atoms with E-state index in [1.807, 2.05) is 6.07 Å². The SMILES string of the molecule is COc1ccc(N2CCN(C)CC2)c2c1CCN(C(=O)Nc1ccc(S(=O)(=O)NC(C)C)cc1)C2. The quantitative estimate of drug-likeness (QED) is 0.632. The Morgan fingerprint density at radius 1 is 0.971 bits per heavy atom. The molecule has 0 saturated carbocycles. The summed E-state index contributed by atoms with van der Waals surface area (Å²) in [5.41, 5.74) is 4.02. The lowest BCUT2D eigenvalue weighted by Crippen LogP contribution is -2.46. The van der Waals surface area contributed by atoms with Gasteiger partial charge in [0, 0.05) is 67.8 Å². The van der Waals surface area contributed by atoms with Gasteiger partial charge in [0.1, 0.15) is 5.75 Å². The monoisotopic (exact) mass is 501 g/mol. The van der Waals surface area contributed by atoms with E-state index in [9.17, 15) is 13.2 Å². The van der Waals surface area contributed by atoms with Crippen molar-refractivity contribution in [2.24, 2.45) is 0 Å². The number of urea groups is 1. The van der Waals surface area contributed by atoms with E-state index >= 15 is 0 Å². The Bertz CT molecular complexity index is 1160. The Kier molecular flexibility index (Phi) is 7.53. The number of amides is 2. The molecule has 2 N–H and O–H groups in total. The summed E-state index contributed by atoms with van der Waals surface area (Å²) in [4.78, 5) is 19.8. The van der Waals surface area contributed by atoms with E-state index in [4.69, 9.17) is 4.74 Å². The van der Waals surface area contributed by atoms with Crippen molar-refractivity contribution in [3.05, 3.63) is 47.5 Å². The minimum atomic E-state index is -3.58. The molecule has 2 aromatic carbocycles. The van der Waals surface area contributed by atoms with Gasteiger partial charge in [-0.1, -0.05) is 0 Å². The van der Waals surface area contributed by atoms with Crippen molar-refractivity contribution in [3.63, 3.8) is 0 Å². The predicted octanol–water partition coefficient (Wildman–Crippen LogP) is 2.72. The zero-order chi connectivity index (χ0) is 25.2. The number of ether oxygens (including phenoxy) is 1. The summed E-state index contributed by atoms with van der Waals surface area (Å²) in [5, 5.41) is 2.92. The Balaban J connectivity index is 1.49. The molecule has 0 atom stereocenters. The topological polar surface area (TPSA) is 94.2 Å². The number of anilines is 2. The van der Waals surface area contributed by atoms with Crippen LogP contribution < -0.4 is 19.7 Å². The van der Waals surface area contributed by atoms with Crippen LogP contribution in [-0.4, -0.2) is 77.2 Å². The average molecular weight is 502 g/mol. The van der Waals surface area contributed by atoms with E-state index in [2.05, 4.69) is 33.0 Å². The largest absolute Gasteiger partial charge is 0.496 e. The first-order valence-electron chi connectivity index (χ1n) is 12.0. The van der Waals surface area contributed by atoms with Gasteiger partial charge in [-0.25, -0.2) is 17.9 Å². The van der Waals surface area contributed by atoms with Gasteiger partial charge in [-0.15, -0.1) is 0 Å². The second-order valence-electron chi connectivity index (χ2n) is 9.44. The summed E-state index contributed by atoms with van der Waals surface area (Å²) in [6, 6.07) is 9.96. The van der Waals surface area contributed by atoms with Crippen molar-refractivity contribution < 1.29 is 17.9 Å². The zero-order valence-electron chi connectivity index (χ0n) is 20.9. The van der Waals surface area contributed by atoms with Crippen molar-refractivity contribution in [1.82, 2.24) is 14.5 Å². The number of rotatable bonds is 6. The normalized spacial score (nSPS) is 16.8. The third kappa shape index (κ3) is 5.71. The lowest BCUT2D eigenvalue weighted by atomic mass is 9.96. The first-order valence-corrected chi connectivity index (χ1v) is 13.5. The maximum absolute atomic E-state index is 13.1. The highest BCUT2D eigenvalue weighted by Gasteiger charge is 2.28. The maximum atomic E-state index is 13.1. The number of fused-ring (bicyclic) bond motifs is 1. The van der Waals surface area contributed by atoms with Crippen LogP contribution in [0.1, 0.15) is 25.0 Å². The molecular weight excluding hydrogens is 466 g/mol. The summed E-state index contributed by atoms with van der Waals surface area (Å²) in [6.07, 6.45) is 0.714. The summed E-state index contributed by atoms with van der Waals surface area (Å²) >= 11 is 0. The van der Waals surface area contributed by atoms with E-state index in [-0.39, 0.29) is 17.0 Å². The fourth-order valence-corrected chi connectivity index (χ4v) is 5.88. The first kappa shape index (κ1) is 25.3. The van der Waals surface area contributed by atoms with E-state index in [0.717, 1.165) is 37.5 Å². The van der Waals surface area contributed by atoms with Crippen molar-refractivity contribution in [1.29, 1.82) is 0 Å². The molecule has 0 unspecified atom stereocenters. The van der Waals surface area contributed by atoms with E-state index < -0.39 is 10.0 Å². The molecule has 2 heterocycles. The van der Waals surface area contributed by atoms with Crippen molar-refractivity contribution in [2.45, 2.75) is 37.8 Å². The van der Waals surface area contributed by atoms with E-state index in [1.165, 1.54) is 23.4 Å². The van der Waals surface area contributed by atoms with Gasteiger partial charge < -0.3 is 24.8 Å². The maximum Gasteiger partial charge on any atom is 0.322 e. The van der Waals surface area contributed by atoms with Gasteiger partial charge >= 0.3 is 6.03 Å². The van der Waals surface area contributed by atoms with Gasteiger partial charge in [0.2, 0.25) is 10.0 Å². The molecule has 2 amide bonds. The van der Waals surface area contributed by atoms with Crippen LogP contribution in [0.25, 0.3) is 0 Å². The number of methoxy groups -OCH3 is 1. The Morgan fingerprint density at radius 3 is 2.29 bits per heavy atom. The van der Waals surface area contributed by atoms with Crippen molar-refractivity contribution in [3.8, 4) is 5.75 Å². The molecule has 1 fully saturated rings. The summed E-state index contributed by atoms with van der Waals surface area (Å²) in [5.74, 6) is 0.866. The van der Waals surface area contributed by atoms with Crippen LogP contribution in [0.15, 0.2) is 41.3 Å². The van der Waals surface area contributed by atoms with Gasteiger partial charge in [0.05, 0.1) is 12.0 Å². The number of likely N-dealkylation sites (N-methyl/N-ethyl adjacent to an activating group) is 1. The molecule has 0 bridgehead atoms. The molecular formula is C25H35N5O4S. The van der Waals surface area contributed by atoms with E-state index in [0.29, 0.717) is 25.2 Å². The number of nitrogens with one attached hydrogen (secondary N) is 2. The van der Waals surface area contributed by atoms with Crippen LogP contribution >= 0.6 is 0 Å². The molecule has 1 saturated heterocycles. The average Bonchev–Trinajstić information content (AvgIpc) is 2.83. The van der Waals surface area contributed by atoms with Crippen LogP contribution in [-0.2, 0) is 23.0 Å². The molecule has 10 heteroatoms. The molecule has 35 heavy (non-hydrogen) atoms. The standard InChI is InChI=1S/C25H35N5O4S/c1-18(2)27-35(32,33)20-7-5-19(6-8-20)26-25(31)30-12-11-21-22(17-30)23(9-10-24(21)34-4)29-15-13-28(3)14-16-29/h5-10,18,27H,11-17H2,1-4H3,(H,26,31). The van der Waals surface area contributed by atoms with Crippen molar-refractivity contribution >= 4 is 27.4 Å². The molecule has 2 aromatic rings. The number of hydrogen-bond acceptors (Lipinski definition) is 6. The number of hydrogen-bond donors (Lipinski definition) is 2. The fourth-order valence-electron chi connectivity index (χ4n) is 4.63. The smallest absolute Gasteiger partial charge is 0.322 e. The zero-order valence-corrected chi connectivity index (χ0v) is 21.7. The summed E-state index contributed by atoms with van der Waals surface area (Å²) < 4.78 is 32.9. The third-order valence-electron chi connectivity index (χ3n) is 6.50. The summed E-state index contributed by atoms with van der Waals surface area (Å²) in [6.45, 7) is 8.51. The molecule has 9 nitrogen and oxygen atoms in total. The van der Waals surface area contributed by atoms with Crippen LogP contribution in [0.5, 0.6) is 5.75 Å². The minimum Gasteiger partial charge on any atom is -0.496 e. The van der Waals surface area contributed by atoms with Gasteiger partial charge in [-0.3, -0.25) is 0 Å². The molecule has 0 aromatic heterocycles. The minimum absolute atomic E-state index is 0.167. The highest BCUT2D eigenvalue weighted by Crippen LogP contribution is 2.36. The third-order valence-corrected chi connectivity index (χ3v) is 8.18. The fraction of sp³-hybridized carbons (Fsp3) is 0.480. The Labute approximate surface area is 208 Å². The second kappa shape index (κ2) is 10.4. The highest BCUT2D eigenvalue weighted by molar-refractivity contribution is 7.89. The Morgan fingerprint density at radius 2 is 1.66 bits per heavy atom. The lowest BCUT2D eigenvalue weighted by Gasteiger charge is -2.38. The Hall–Kier alpha value is -2.82. The van der Waals surface area contributed by atoms with Gasteiger partial charge in [-0.2, -0.15) is 0 Å². The predicted molar refractivity (Wildman–Crippen MR) is 138 cm³/mol. The second-order valence-corrected chi connectivity index (χ2v) is 11.2. The van der Waals surface area contributed by atoms with Crippen LogP contribution in [0, 0.1) is 0 Å². The van der Waals surface area contributed by atoms with Gasteiger partial charge in [0.15, 0.2) is 0 Å². The molecule has 2 aliphatic heterocycles. The number of carbonyl (C=O) groups is 1. The number of nitrogens with zero attached hydrogens (tertiary/aromatic N) is 3. The highest BCUT2D eigenvalue weighted by atomic mass is 32.2. The molecule has 190 valence electrons. The first-order chi connectivity index (χ1) is 16.7. The van der Waals surface area contributed by atoms with E-state index in [1.54, 1.807) is 38.0 Å². The van der Waals surface area contributed by atoms with Crippen LogP contribution in [0.3, 0.4) is 0 Å². The molecule has 0 aliphatic carbocycles. The number of benzene rings is 2. The molecule has 0 radical (unpaired) electrons.